The fourth-order valence-electron chi connectivity index (χ4n) is 3.13. The highest BCUT2D eigenvalue weighted by Crippen LogP contribution is 2.25. The zero-order valence-corrected chi connectivity index (χ0v) is 17.2. The second-order valence-electron chi connectivity index (χ2n) is 6.90. The SMILES string of the molecule is CC1CCCN(S(=O)(=O)c2ccc(NC(=O)COc3ccccc3Cl)cc2)C1. The Hall–Kier alpha value is -2.09. The van der Waals surface area contributed by atoms with E-state index in [9.17, 15) is 13.2 Å². The Morgan fingerprint density at radius 1 is 1.21 bits per heavy atom. The number of halogens is 1. The van der Waals surface area contributed by atoms with Crippen molar-refractivity contribution in [3.63, 3.8) is 0 Å². The lowest BCUT2D eigenvalue weighted by atomic mass is 10.0. The molecule has 8 heteroatoms. The summed E-state index contributed by atoms with van der Waals surface area (Å²) in [5, 5.41) is 3.11. The van der Waals surface area contributed by atoms with Crippen molar-refractivity contribution in [2.45, 2.75) is 24.7 Å². The summed E-state index contributed by atoms with van der Waals surface area (Å²) in [5.74, 6) is 0.428. The Labute approximate surface area is 170 Å². The minimum absolute atomic E-state index is 0.199. The number of benzene rings is 2. The monoisotopic (exact) mass is 422 g/mol. The van der Waals surface area contributed by atoms with Crippen molar-refractivity contribution in [3.05, 3.63) is 53.6 Å². The number of carbonyl (C=O) groups excluding carboxylic acids is 1. The molecule has 2 aromatic carbocycles. The number of carbonyl (C=O) groups is 1. The molecule has 1 unspecified atom stereocenters. The van der Waals surface area contributed by atoms with Gasteiger partial charge in [0.1, 0.15) is 5.75 Å². The zero-order valence-electron chi connectivity index (χ0n) is 15.6. The highest BCUT2D eigenvalue weighted by molar-refractivity contribution is 7.89. The van der Waals surface area contributed by atoms with Gasteiger partial charge in [-0.3, -0.25) is 4.79 Å². The summed E-state index contributed by atoms with van der Waals surface area (Å²) in [6.07, 6.45) is 1.92. The Kier molecular flexibility index (Phi) is 6.59. The minimum atomic E-state index is -3.51. The van der Waals surface area contributed by atoms with Gasteiger partial charge in [-0.05, 0) is 55.2 Å². The van der Waals surface area contributed by atoms with Crippen LogP contribution in [0.4, 0.5) is 5.69 Å². The van der Waals surface area contributed by atoms with Crippen molar-refractivity contribution < 1.29 is 17.9 Å². The first kappa shape index (κ1) is 20.6. The summed E-state index contributed by atoms with van der Waals surface area (Å²) in [5.41, 5.74) is 0.499. The standard InChI is InChI=1S/C20H23ClN2O4S/c1-15-5-4-12-23(13-15)28(25,26)17-10-8-16(9-11-17)22-20(24)14-27-19-7-3-2-6-18(19)21/h2-3,6-11,15H,4-5,12-14H2,1H3,(H,22,24). The number of anilines is 1. The van der Waals surface area contributed by atoms with Crippen LogP contribution < -0.4 is 10.1 Å². The first-order chi connectivity index (χ1) is 13.4. The van der Waals surface area contributed by atoms with Crippen LogP contribution in [0.3, 0.4) is 0 Å². The van der Waals surface area contributed by atoms with Crippen LogP contribution in [0.2, 0.25) is 5.02 Å². The maximum absolute atomic E-state index is 12.8. The predicted molar refractivity (Wildman–Crippen MR) is 109 cm³/mol. The number of ether oxygens (including phenoxy) is 1. The molecule has 1 amide bonds. The molecule has 0 bridgehead atoms. The molecule has 6 nitrogen and oxygen atoms in total. The largest absolute Gasteiger partial charge is 0.482 e. The van der Waals surface area contributed by atoms with Gasteiger partial charge in [0.25, 0.3) is 5.91 Å². The average molecular weight is 423 g/mol. The van der Waals surface area contributed by atoms with Crippen molar-refractivity contribution in [1.82, 2.24) is 4.31 Å². The van der Waals surface area contributed by atoms with Crippen molar-refractivity contribution in [2.75, 3.05) is 25.0 Å². The van der Waals surface area contributed by atoms with Crippen molar-refractivity contribution in [3.8, 4) is 5.75 Å². The lowest BCUT2D eigenvalue weighted by Gasteiger charge is -2.30. The van der Waals surface area contributed by atoms with Gasteiger partial charge in [-0.25, -0.2) is 8.42 Å². The minimum Gasteiger partial charge on any atom is -0.482 e. The molecule has 1 fully saturated rings. The van der Waals surface area contributed by atoms with Gasteiger partial charge < -0.3 is 10.1 Å². The molecule has 0 aromatic heterocycles. The van der Waals surface area contributed by atoms with Gasteiger partial charge in [0.15, 0.2) is 6.61 Å². The molecule has 1 N–H and O–H groups in total. The first-order valence-corrected chi connectivity index (χ1v) is 11.0. The summed E-state index contributed by atoms with van der Waals surface area (Å²) in [4.78, 5) is 12.3. The van der Waals surface area contributed by atoms with Crippen LogP contribution in [0, 0.1) is 5.92 Å². The van der Waals surface area contributed by atoms with Gasteiger partial charge >= 0.3 is 0 Å². The molecule has 2 aromatic rings. The molecule has 1 heterocycles. The predicted octanol–water partition coefficient (Wildman–Crippen LogP) is 3.78. The van der Waals surface area contributed by atoms with Crippen LogP contribution in [0.1, 0.15) is 19.8 Å². The third kappa shape index (κ3) is 5.04. The van der Waals surface area contributed by atoms with Gasteiger partial charge in [-0.1, -0.05) is 30.7 Å². The van der Waals surface area contributed by atoms with Crippen LogP contribution in [-0.2, 0) is 14.8 Å². The number of sulfonamides is 1. The van der Waals surface area contributed by atoms with Crippen molar-refractivity contribution in [1.29, 1.82) is 0 Å². The van der Waals surface area contributed by atoms with Crippen LogP contribution in [0.25, 0.3) is 0 Å². The second-order valence-corrected chi connectivity index (χ2v) is 9.25. The summed E-state index contributed by atoms with van der Waals surface area (Å²) in [6, 6.07) is 13.1. The Bertz CT molecular complexity index is 931. The van der Waals surface area contributed by atoms with E-state index in [1.807, 2.05) is 0 Å². The van der Waals surface area contributed by atoms with E-state index in [1.54, 1.807) is 36.4 Å². The van der Waals surface area contributed by atoms with Crippen LogP contribution in [0.15, 0.2) is 53.4 Å². The molecule has 3 rings (SSSR count). The summed E-state index contributed by atoms with van der Waals surface area (Å²) in [7, 11) is -3.51. The molecule has 0 saturated carbocycles. The summed E-state index contributed by atoms with van der Waals surface area (Å²) < 4.78 is 32.5. The smallest absolute Gasteiger partial charge is 0.262 e. The average Bonchev–Trinajstić information content (AvgIpc) is 2.68. The summed E-state index contributed by atoms with van der Waals surface area (Å²) in [6.45, 7) is 2.95. The normalized spacial score (nSPS) is 17.9. The molecule has 0 aliphatic carbocycles. The molecule has 1 aliphatic rings. The first-order valence-electron chi connectivity index (χ1n) is 9.13. The lowest BCUT2D eigenvalue weighted by molar-refractivity contribution is -0.118. The molecular formula is C20H23ClN2O4S. The van der Waals surface area contributed by atoms with E-state index in [1.165, 1.54) is 16.4 Å². The highest BCUT2D eigenvalue weighted by atomic mass is 35.5. The Morgan fingerprint density at radius 3 is 2.61 bits per heavy atom. The van der Waals surface area contributed by atoms with Crippen LogP contribution in [-0.4, -0.2) is 38.3 Å². The van der Waals surface area contributed by atoms with E-state index in [2.05, 4.69) is 12.2 Å². The van der Waals surface area contributed by atoms with Crippen molar-refractivity contribution >= 4 is 33.2 Å². The zero-order chi connectivity index (χ0) is 20.1. The summed E-state index contributed by atoms with van der Waals surface area (Å²) >= 11 is 5.98. The molecule has 1 aliphatic heterocycles. The van der Waals surface area contributed by atoms with Gasteiger partial charge in [0.05, 0.1) is 9.92 Å². The van der Waals surface area contributed by atoms with E-state index in [-0.39, 0.29) is 17.4 Å². The Balaban J connectivity index is 1.59. The number of piperidine rings is 1. The number of rotatable bonds is 6. The number of hydrogen-bond donors (Lipinski definition) is 1. The van der Waals surface area contributed by atoms with Gasteiger partial charge in [-0.15, -0.1) is 0 Å². The second kappa shape index (κ2) is 8.94. The maximum atomic E-state index is 12.8. The topological polar surface area (TPSA) is 75.7 Å². The third-order valence-electron chi connectivity index (χ3n) is 4.59. The third-order valence-corrected chi connectivity index (χ3v) is 6.78. The van der Waals surface area contributed by atoms with E-state index in [0.29, 0.717) is 35.5 Å². The van der Waals surface area contributed by atoms with E-state index in [0.717, 1.165) is 12.8 Å². The number of nitrogens with zero attached hydrogens (tertiary/aromatic N) is 1. The Morgan fingerprint density at radius 2 is 1.93 bits per heavy atom. The number of nitrogens with one attached hydrogen (secondary N) is 1. The van der Waals surface area contributed by atoms with Crippen LogP contribution >= 0.6 is 11.6 Å². The van der Waals surface area contributed by atoms with Gasteiger partial charge in [-0.2, -0.15) is 4.31 Å². The van der Waals surface area contributed by atoms with Crippen LogP contribution in [0.5, 0.6) is 5.75 Å². The number of amides is 1. The van der Waals surface area contributed by atoms with E-state index >= 15 is 0 Å². The molecule has 150 valence electrons. The molecule has 28 heavy (non-hydrogen) atoms. The number of hydrogen-bond acceptors (Lipinski definition) is 4. The van der Waals surface area contributed by atoms with Crippen molar-refractivity contribution in [2.24, 2.45) is 5.92 Å². The molecule has 1 saturated heterocycles. The molecule has 0 radical (unpaired) electrons. The van der Waals surface area contributed by atoms with E-state index < -0.39 is 10.0 Å². The fraction of sp³-hybridized carbons (Fsp3) is 0.350. The fourth-order valence-corrected chi connectivity index (χ4v) is 4.91. The molecule has 0 spiro atoms. The van der Waals surface area contributed by atoms with E-state index in [4.69, 9.17) is 16.3 Å². The number of para-hydroxylation sites is 1. The quantitative estimate of drug-likeness (QED) is 0.768. The van der Waals surface area contributed by atoms with Gasteiger partial charge in [0, 0.05) is 18.8 Å². The highest BCUT2D eigenvalue weighted by Gasteiger charge is 2.28. The van der Waals surface area contributed by atoms with Gasteiger partial charge in [0.2, 0.25) is 10.0 Å². The lowest BCUT2D eigenvalue weighted by Crippen LogP contribution is -2.39. The molecule has 1 atom stereocenters. The molecular weight excluding hydrogens is 400 g/mol. The maximum Gasteiger partial charge on any atom is 0.262 e.